The number of hydrogen-bond donors (Lipinski definition) is 0. The zero-order valence-electron chi connectivity index (χ0n) is 5.86. The molecule has 10 heavy (non-hydrogen) atoms. The summed E-state index contributed by atoms with van der Waals surface area (Å²) < 4.78 is 1.61. The Morgan fingerprint density at radius 1 is 1.80 bits per heavy atom. The van der Waals surface area contributed by atoms with Gasteiger partial charge in [-0.25, -0.2) is 4.68 Å². The van der Waals surface area contributed by atoms with E-state index in [9.17, 15) is 0 Å². The van der Waals surface area contributed by atoms with Crippen LogP contribution in [-0.4, -0.2) is 16.8 Å². The van der Waals surface area contributed by atoms with Crippen molar-refractivity contribution >= 4 is 6.20 Å². The fourth-order valence-corrected chi connectivity index (χ4v) is 0.693. The number of nitrogens with zero attached hydrogens (tertiary/aromatic N) is 3. The third kappa shape index (κ3) is 1.13. The predicted molar refractivity (Wildman–Crippen MR) is 40.1 cm³/mol. The van der Waals surface area contributed by atoms with E-state index < -0.39 is 0 Å². The molecule has 0 aliphatic rings. The van der Waals surface area contributed by atoms with Gasteiger partial charge in [0.1, 0.15) is 5.49 Å². The van der Waals surface area contributed by atoms with Crippen molar-refractivity contribution in [2.75, 3.05) is 7.05 Å². The van der Waals surface area contributed by atoms with Gasteiger partial charge in [-0.1, -0.05) is 6.58 Å². The van der Waals surface area contributed by atoms with Crippen molar-refractivity contribution in [2.45, 2.75) is 0 Å². The second-order valence-corrected chi connectivity index (χ2v) is 1.73. The number of hydrogen-bond acceptors (Lipinski definition) is 2. The minimum Gasteiger partial charge on any atom is -0.270 e. The molecule has 0 saturated heterocycles. The molecule has 0 atom stereocenters. The van der Waals surface area contributed by atoms with E-state index in [0.29, 0.717) is 0 Å². The van der Waals surface area contributed by atoms with Gasteiger partial charge in [-0.05, 0) is 12.1 Å². The van der Waals surface area contributed by atoms with Crippen molar-refractivity contribution in [1.82, 2.24) is 9.78 Å². The Kier molecular flexibility index (Phi) is 1.99. The summed E-state index contributed by atoms with van der Waals surface area (Å²) in [5, 5.41) is 3.97. The van der Waals surface area contributed by atoms with Gasteiger partial charge in [0.05, 0.1) is 0 Å². The van der Waals surface area contributed by atoms with Crippen molar-refractivity contribution < 1.29 is 0 Å². The van der Waals surface area contributed by atoms with Crippen LogP contribution < -0.4 is 5.49 Å². The Balaban J connectivity index is 3.36. The van der Waals surface area contributed by atoms with Crippen LogP contribution in [0.3, 0.4) is 0 Å². The summed E-state index contributed by atoms with van der Waals surface area (Å²) in [5.74, 6) is 0. The third-order valence-electron chi connectivity index (χ3n) is 1.16. The number of rotatable bonds is 1. The Labute approximate surface area is 59.3 Å². The first-order chi connectivity index (χ1) is 4.88. The molecule has 1 aromatic heterocycles. The first-order valence-electron chi connectivity index (χ1n) is 2.97. The average molecular weight is 135 g/mol. The minimum absolute atomic E-state index is 0.803. The van der Waals surface area contributed by atoms with Gasteiger partial charge in [-0.2, -0.15) is 5.10 Å². The standard InChI is InChI=1S/C7H9N3/c1-3-10-7(8-2)5-4-6-9-10/h3-6H,1H2,2H3/b8-7-. The summed E-state index contributed by atoms with van der Waals surface area (Å²) in [4.78, 5) is 3.97. The Bertz CT molecular complexity index is 285. The minimum atomic E-state index is 0.803. The molecule has 0 aliphatic heterocycles. The molecule has 3 heteroatoms. The summed E-state index contributed by atoms with van der Waals surface area (Å²) in [7, 11) is 1.72. The van der Waals surface area contributed by atoms with Crippen molar-refractivity contribution in [1.29, 1.82) is 0 Å². The van der Waals surface area contributed by atoms with Gasteiger partial charge in [0.15, 0.2) is 0 Å². The van der Waals surface area contributed by atoms with Crippen molar-refractivity contribution in [2.24, 2.45) is 4.99 Å². The fraction of sp³-hybridized carbons (Fsp3) is 0.143. The van der Waals surface area contributed by atoms with E-state index in [1.807, 2.05) is 12.1 Å². The van der Waals surface area contributed by atoms with Gasteiger partial charge < -0.3 is 0 Å². The van der Waals surface area contributed by atoms with Crippen LogP contribution in [0, 0.1) is 0 Å². The summed E-state index contributed by atoms with van der Waals surface area (Å²) >= 11 is 0. The third-order valence-corrected chi connectivity index (χ3v) is 1.16. The second-order valence-electron chi connectivity index (χ2n) is 1.73. The lowest BCUT2D eigenvalue weighted by molar-refractivity contribution is 0.824. The molecule has 0 aliphatic carbocycles. The first kappa shape index (κ1) is 6.74. The lowest BCUT2D eigenvalue weighted by Crippen LogP contribution is -2.17. The van der Waals surface area contributed by atoms with E-state index in [1.165, 1.54) is 0 Å². The quantitative estimate of drug-likeness (QED) is 0.552. The zero-order valence-corrected chi connectivity index (χ0v) is 5.86. The van der Waals surface area contributed by atoms with Crippen LogP contribution in [0.25, 0.3) is 6.20 Å². The normalized spacial score (nSPS) is 11.5. The van der Waals surface area contributed by atoms with E-state index >= 15 is 0 Å². The highest BCUT2D eigenvalue weighted by Gasteiger charge is 1.82. The molecule has 1 aromatic rings. The van der Waals surface area contributed by atoms with Crippen LogP contribution in [-0.2, 0) is 0 Å². The molecule has 0 fully saturated rings. The Hall–Kier alpha value is -1.38. The molecule has 0 aromatic carbocycles. The molecular weight excluding hydrogens is 126 g/mol. The molecule has 0 N–H and O–H groups in total. The van der Waals surface area contributed by atoms with E-state index in [0.717, 1.165) is 5.49 Å². The Morgan fingerprint density at radius 2 is 2.60 bits per heavy atom. The molecule has 52 valence electrons. The van der Waals surface area contributed by atoms with Gasteiger partial charge in [-0.15, -0.1) is 0 Å². The fourth-order valence-electron chi connectivity index (χ4n) is 0.693. The molecular formula is C7H9N3. The average Bonchev–Trinajstić information content (AvgIpc) is 2.04. The maximum atomic E-state index is 3.97. The van der Waals surface area contributed by atoms with Crippen LogP contribution in [0.4, 0.5) is 0 Å². The summed E-state index contributed by atoms with van der Waals surface area (Å²) in [6, 6.07) is 3.71. The van der Waals surface area contributed by atoms with Crippen LogP contribution >= 0.6 is 0 Å². The van der Waals surface area contributed by atoms with Gasteiger partial charge in [0.25, 0.3) is 0 Å². The maximum absolute atomic E-state index is 3.97. The summed E-state index contributed by atoms with van der Waals surface area (Å²) in [6.45, 7) is 3.58. The molecule has 0 spiro atoms. The molecule has 1 heterocycles. The molecule has 1 rings (SSSR count). The highest BCUT2D eigenvalue weighted by molar-refractivity contribution is 5.12. The largest absolute Gasteiger partial charge is 0.270 e. The van der Waals surface area contributed by atoms with Gasteiger partial charge >= 0.3 is 0 Å². The SMILES string of the molecule is C=Cn1nccc/c1=N/C. The van der Waals surface area contributed by atoms with E-state index in [4.69, 9.17) is 0 Å². The highest BCUT2D eigenvalue weighted by Crippen LogP contribution is 1.73. The van der Waals surface area contributed by atoms with Crippen LogP contribution in [0.15, 0.2) is 29.9 Å². The molecule has 0 saturated carbocycles. The first-order valence-corrected chi connectivity index (χ1v) is 2.97. The van der Waals surface area contributed by atoms with Crippen LogP contribution in [0.1, 0.15) is 0 Å². The summed E-state index contributed by atoms with van der Waals surface area (Å²) in [5.41, 5.74) is 0.803. The van der Waals surface area contributed by atoms with Crippen LogP contribution in [0.5, 0.6) is 0 Å². The molecule has 0 amide bonds. The second kappa shape index (κ2) is 2.96. The molecule has 0 unspecified atom stereocenters. The van der Waals surface area contributed by atoms with E-state index in [-0.39, 0.29) is 0 Å². The predicted octanol–water partition coefficient (Wildman–Crippen LogP) is 0.514. The number of aromatic nitrogens is 2. The van der Waals surface area contributed by atoms with Crippen molar-refractivity contribution in [3.63, 3.8) is 0 Å². The van der Waals surface area contributed by atoms with E-state index in [1.54, 1.807) is 24.1 Å². The summed E-state index contributed by atoms with van der Waals surface area (Å²) in [6.07, 6.45) is 3.30. The maximum Gasteiger partial charge on any atom is 0.148 e. The van der Waals surface area contributed by atoms with E-state index in [2.05, 4.69) is 16.7 Å². The molecule has 0 bridgehead atoms. The lowest BCUT2D eigenvalue weighted by atomic mass is 10.6. The lowest BCUT2D eigenvalue weighted by Gasteiger charge is -1.94. The Morgan fingerprint density at radius 3 is 3.10 bits per heavy atom. The van der Waals surface area contributed by atoms with Crippen LogP contribution in [0.2, 0.25) is 0 Å². The van der Waals surface area contributed by atoms with Gasteiger partial charge in [0, 0.05) is 19.4 Å². The molecule has 0 radical (unpaired) electrons. The van der Waals surface area contributed by atoms with Crippen molar-refractivity contribution in [3.05, 3.63) is 30.4 Å². The molecule has 3 nitrogen and oxygen atoms in total. The zero-order chi connectivity index (χ0) is 7.40. The topological polar surface area (TPSA) is 30.2 Å². The van der Waals surface area contributed by atoms with Gasteiger partial charge in [0.2, 0.25) is 0 Å². The van der Waals surface area contributed by atoms with Crippen molar-refractivity contribution in [3.8, 4) is 0 Å². The van der Waals surface area contributed by atoms with Gasteiger partial charge in [-0.3, -0.25) is 4.99 Å². The monoisotopic (exact) mass is 135 g/mol. The smallest absolute Gasteiger partial charge is 0.148 e. The highest BCUT2D eigenvalue weighted by atomic mass is 15.3.